The molecule has 1 aliphatic heterocycles. The van der Waals surface area contributed by atoms with E-state index in [0.29, 0.717) is 18.9 Å². The van der Waals surface area contributed by atoms with Crippen LogP contribution >= 0.6 is 0 Å². The lowest BCUT2D eigenvalue weighted by atomic mass is 9.88. The van der Waals surface area contributed by atoms with Gasteiger partial charge in [0, 0.05) is 44.5 Å². The van der Waals surface area contributed by atoms with Crippen LogP contribution in [-0.4, -0.2) is 58.0 Å². The predicted molar refractivity (Wildman–Crippen MR) is 84.0 cm³/mol. The van der Waals surface area contributed by atoms with Crippen LogP contribution in [0.15, 0.2) is 12.4 Å². The molecule has 21 heavy (non-hydrogen) atoms. The molecule has 0 bridgehead atoms. The maximum atomic E-state index is 12.3. The van der Waals surface area contributed by atoms with Crippen molar-refractivity contribution in [2.45, 2.75) is 45.7 Å². The summed E-state index contributed by atoms with van der Waals surface area (Å²) in [6.07, 6.45) is 5.41. The number of amides is 1. The largest absolute Gasteiger partial charge is 0.345 e. The second kappa shape index (κ2) is 6.18. The number of carbonyl (C=O) groups excluding carboxylic acids is 1. The van der Waals surface area contributed by atoms with Crippen molar-refractivity contribution in [1.29, 1.82) is 0 Å². The minimum absolute atomic E-state index is 0.176. The van der Waals surface area contributed by atoms with E-state index in [1.54, 1.807) is 6.20 Å². The number of aromatic nitrogens is 2. The Morgan fingerprint density at radius 1 is 1.52 bits per heavy atom. The Kier molecular flexibility index (Phi) is 4.71. The van der Waals surface area contributed by atoms with E-state index in [4.69, 9.17) is 0 Å². The van der Waals surface area contributed by atoms with Crippen LogP contribution in [0.5, 0.6) is 0 Å². The lowest BCUT2D eigenvalue weighted by molar-refractivity contribution is -0.131. The summed E-state index contributed by atoms with van der Waals surface area (Å²) < 4.78 is 2.03. The molecule has 1 aliphatic rings. The average Bonchev–Trinajstić information content (AvgIpc) is 2.94. The van der Waals surface area contributed by atoms with Crippen LogP contribution in [0.1, 0.15) is 32.5 Å². The van der Waals surface area contributed by atoms with Crippen molar-refractivity contribution in [1.82, 2.24) is 19.4 Å². The van der Waals surface area contributed by atoms with Gasteiger partial charge in [-0.3, -0.25) is 4.79 Å². The van der Waals surface area contributed by atoms with Gasteiger partial charge in [-0.15, -0.1) is 0 Å². The summed E-state index contributed by atoms with van der Waals surface area (Å²) in [5.74, 6) is 1.73. The summed E-state index contributed by atoms with van der Waals surface area (Å²) in [7, 11) is 4.10. The van der Waals surface area contributed by atoms with E-state index in [-0.39, 0.29) is 11.4 Å². The summed E-state index contributed by atoms with van der Waals surface area (Å²) in [5, 5.41) is 0. The minimum atomic E-state index is 0.176. The summed E-state index contributed by atoms with van der Waals surface area (Å²) in [4.78, 5) is 20.8. The van der Waals surface area contributed by atoms with Crippen LogP contribution in [0.4, 0.5) is 0 Å². The second-order valence-corrected chi connectivity index (χ2v) is 6.75. The zero-order valence-electron chi connectivity index (χ0n) is 14.0. The number of aryl methyl sites for hydroxylation is 2. The summed E-state index contributed by atoms with van der Waals surface area (Å²) in [5.41, 5.74) is 0.176. The van der Waals surface area contributed by atoms with Gasteiger partial charge in [-0.2, -0.15) is 0 Å². The molecule has 1 fully saturated rings. The van der Waals surface area contributed by atoms with Gasteiger partial charge in [0.2, 0.25) is 5.91 Å². The molecule has 0 N–H and O–H groups in total. The molecule has 0 radical (unpaired) electrons. The van der Waals surface area contributed by atoms with E-state index >= 15 is 0 Å². The van der Waals surface area contributed by atoms with Crippen LogP contribution in [-0.2, 0) is 11.3 Å². The highest BCUT2D eigenvalue weighted by Gasteiger charge is 2.39. The van der Waals surface area contributed by atoms with E-state index in [2.05, 4.69) is 30.8 Å². The van der Waals surface area contributed by atoms with E-state index in [0.717, 1.165) is 18.9 Å². The normalized spacial score (nSPS) is 21.7. The number of hydrogen-bond acceptors (Lipinski definition) is 3. The third kappa shape index (κ3) is 3.46. The highest BCUT2D eigenvalue weighted by atomic mass is 16.2. The molecule has 0 aromatic carbocycles. The average molecular weight is 292 g/mol. The first-order valence-corrected chi connectivity index (χ1v) is 7.75. The molecule has 0 aliphatic carbocycles. The van der Waals surface area contributed by atoms with Crippen LogP contribution < -0.4 is 0 Å². The second-order valence-electron chi connectivity index (χ2n) is 6.75. The predicted octanol–water partition coefficient (Wildman–Crippen LogP) is 1.77. The molecular weight excluding hydrogens is 264 g/mol. The molecule has 118 valence electrons. The zero-order chi connectivity index (χ0) is 15.6. The van der Waals surface area contributed by atoms with E-state index in [1.165, 1.54) is 6.42 Å². The Morgan fingerprint density at radius 2 is 2.24 bits per heavy atom. The molecule has 1 aromatic heterocycles. The third-order valence-electron chi connectivity index (χ3n) is 5.21. The van der Waals surface area contributed by atoms with Crippen molar-refractivity contribution in [3.63, 3.8) is 0 Å². The lowest BCUT2D eigenvalue weighted by Crippen LogP contribution is -2.44. The highest BCUT2D eigenvalue weighted by Crippen LogP contribution is 2.33. The minimum Gasteiger partial charge on any atom is -0.345 e. The SMILES string of the molecule is Cc1nccn1CCC(=O)N(C)C[C@H]1CCN(C)C1(C)C. The van der Waals surface area contributed by atoms with E-state index < -0.39 is 0 Å². The monoisotopic (exact) mass is 292 g/mol. The van der Waals surface area contributed by atoms with Gasteiger partial charge in [0.05, 0.1) is 0 Å². The molecule has 0 unspecified atom stereocenters. The summed E-state index contributed by atoms with van der Waals surface area (Å²) in [6.45, 7) is 9.19. The molecule has 1 amide bonds. The third-order valence-corrected chi connectivity index (χ3v) is 5.21. The number of imidazole rings is 1. The molecular formula is C16H28N4O. The number of nitrogens with zero attached hydrogens (tertiary/aromatic N) is 4. The van der Waals surface area contributed by atoms with Crippen LogP contribution in [0.25, 0.3) is 0 Å². The molecule has 1 saturated heterocycles. The van der Waals surface area contributed by atoms with Crippen molar-refractivity contribution >= 4 is 5.91 Å². The molecule has 5 heteroatoms. The first-order valence-electron chi connectivity index (χ1n) is 7.75. The van der Waals surface area contributed by atoms with Crippen molar-refractivity contribution in [2.24, 2.45) is 5.92 Å². The van der Waals surface area contributed by atoms with Crippen molar-refractivity contribution < 1.29 is 4.79 Å². The van der Waals surface area contributed by atoms with Gasteiger partial charge < -0.3 is 14.4 Å². The quantitative estimate of drug-likeness (QED) is 0.830. The zero-order valence-corrected chi connectivity index (χ0v) is 14.0. The topological polar surface area (TPSA) is 41.4 Å². The van der Waals surface area contributed by atoms with Crippen molar-refractivity contribution in [3.05, 3.63) is 18.2 Å². The molecule has 5 nitrogen and oxygen atoms in total. The smallest absolute Gasteiger partial charge is 0.224 e. The Bertz CT molecular complexity index is 494. The molecule has 2 rings (SSSR count). The van der Waals surface area contributed by atoms with Crippen LogP contribution in [0.3, 0.4) is 0 Å². The number of hydrogen-bond donors (Lipinski definition) is 0. The Balaban J connectivity index is 1.84. The first kappa shape index (κ1) is 16.0. The number of carbonyl (C=O) groups is 1. The first-order chi connectivity index (χ1) is 9.82. The lowest BCUT2D eigenvalue weighted by Gasteiger charge is -2.35. The van der Waals surface area contributed by atoms with Gasteiger partial charge in [0.25, 0.3) is 0 Å². The molecule has 0 saturated carbocycles. The van der Waals surface area contributed by atoms with Gasteiger partial charge in [-0.1, -0.05) is 0 Å². The highest BCUT2D eigenvalue weighted by molar-refractivity contribution is 5.75. The van der Waals surface area contributed by atoms with E-state index in [9.17, 15) is 4.79 Å². The van der Waals surface area contributed by atoms with Gasteiger partial charge in [0.1, 0.15) is 5.82 Å². The standard InChI is InChI=1S/C16H28N4O/c1-13-17-8-11-20(13)10-7-15(21)18(4)12-14-6-9-19(5)16(14,2)3/h8,11,14H,6-7,9-10,12H2,1-5H3/t14-/m1/s1. The van der Waals surface area contributed by atoms with Crippen molar-refractivity contribution in [3.8, 4) is 0 Å². The molecule has 0 spiro atoms. The van der Waals surface area contributed by atoms with Gasteiger partial charge in [-0.05, 0) is 46.7 Å². The molecule has 2 heterocycles. The number of likely N-dealkylation sites (tertiary alicyclic amines) is 1. The number of rotatable bonds is 5. The van der Waals surface area contributed by atoms with Gasteiger partial charge >= 0.3 is 0 Å². The summed E-state index contributed by atoms with van der Waals surface area (Å²) in [6, 6.07) is 0. The van der Waals surface area contributed by atoms with Gasteiger partial charge in [-0.25, -0.2) is 4.98 Å². The van der Waals surface area contributed by atoms with Crippen LogP contribution in [0.2, 0.25) is 0 Å². The van der Waals surface area contributed by atoms with Crippen molar-refractivity contribution in [2.75, 3.05) is 27.2 Å². The van der Waals surface area contributed by atoms with Gasteiger partial charge in [0.15, 0.2) is 0 Å². The summed E-state index contributed by atoms with van der Waals surface area (Å²) >= 11 is 0. The Hall–Kier alpha value is -1.36. The Morgan fingerprint density at radius 3 is 2.76 bits per heavy atom. The molecule has 1 aromatic rings. The molecule has 1 atom stereocenters. The fourth-order valence-corrected chi connectivity index (χ4v) is 3.10. The Labute approximate surface area is 127 Å². The van der Waals surface area contributed by atoms with Crippen LogP contribution in [0, 0.1) is 12.8 Å². The fourth-order valence-electron chi connectivity index (χ4n) is 3.10. The fraction of sp³-hybridized carbons (Fsp3) is 0.750. The van der Waals surface area contributed by atoms with E-state index in [1.807, 2.05) is 29.6 Å². The maximum Gasteiger partial charge on any atom is 0.224 e. The maximum absolute atomic E-state index is 12.3.